The number of aromatic nitrogens is 1. The standard InChI is InChI=1S/C19H26N4O4/c1-12(2)11-23-18(27)21(4)17(26)19(23)7-9-22(10-8-19)16(25)14-6-5-13(3)20-15(14)24/h5-6,12H,7-11H2,1-4H3,(H,20,24). The van der Waals surface area contributed by atoms with Crippen LogP contribution in [0.3, 0.4) is 0 Å². The number of amides is 4. The number of hydrogen-bond acceptors (Lipinski definition) is 4. The molecule has 8 heteroatoms. The fourth-order valence-electron chi connectivity index (χ4n) is 3.97. The Bertz CT molecular complexity index is 836. The lowest BCUT2D eigenvalue weighted by Gasteiger charge is -2.42. The van der Waals surface area contributed by atoms with Crippen LogP contribution in [-0.4, -0.2) is 69.8 Å². The first-order chi connectivity index (χ1) is 12.7. The molecule has 2 aliphatic heterocycles. The van der Waals surface area contributed by atoms with E-state index in [1.165, 1.54) is 18.0 Å². The zero-order valence-corrected chi connectivity index (χ0v) is 16.2. The lowest BCUT2D eigenvalue weighted by Crippen LogP contribution is -2.58. The predicted octanol–water partition coefficient (Wildman–Crippen LogP) is 1.21. The number of hydrogen-bond donors (Lipinski definition) is 1. The summed E-state index contributed by atoms with van der Waals surface area (Å²) >= 11 is 0. The highest BCUT2D eigenvalue weighted by atomic mass is 16.2. The van der Waals surface area contributed by atoms with Crippen molar-refractivity contribution in [2.75, 3.05) is 26.7 Å². The molecular formula is C19H26N4O4. The number of aryl methyl sites for hydroxylation is 1. The van der Waals surface area contributed by atoms with E-state index in [2.05, 4.69) is 4.98 Å². The summed E-state index contributed by atoms with van der Waals surface area (Å²) in [7, 11) is 1.51. The highest BCUT2D eigenvalue weighted by Crippen LogP contribution is 2.37. The van der Waals surface area contributed by atoms with Crippen molar-refractivity contribution in [3.05, 3.63) is 33.7 Å². The summed E-state index contributed by atoms with van der Waals surface area (Å²) < 4.78 is 0. The number of likely N-dealkylation sites (N-methyl/N-ethyl adjacent to an activating group) is 1. The number of pyridine rings is 1. The van der Waals surface area contributed by atoms with Gasteiger partial charge in [0, 0.05) is 32.4 Å². The average molecular weight is 374 g/mol. The Kier molecular flexibility index (Phi) is 4.84. The number of imide groups is 1. The van der Waals surface area contributed by atoms with Gasteiger partial charge in [-0.2, -0.15) is 0 Å². The van der Waals surface area contributed by atoms with Crippen molar-refractivity contribution in [3.63, 3.8) is 0 Å². The van der Waals surface area contributed by atoms with Crippen molar-refractivity contribution in [2.45, 2.75) is 39.2 Å². The Morgan fingerprint density at radius 2 is 1.81 bits per heavy atom. The number of carbonyl (C=O) groups is 3. The minimum atomic E-state index is -0.882. The fourth-order valence-corrected chi connectivity index (χ4v) is 3.97. The molecule has 3 heterocycles. The van der Waals surface area contributed by atoms with Gasteiger partial charge in [-0.05, 0) is 37.8 Å². The first-order valence-corrected chi connectivity index (χ1v) is 9.26. The van der Waals surface area contributed by atoms with Crippen LogP contribution in [0, 0.1) is 12.8 Å². The molecule has 1 aromatic rings. The Morgan fingerprint density at radius 3 is 2.37 bits per heavy atom. The van der Waals surface area contributed by atoms with Gasteiger partial charge in [-0.3, -0.25) is 19.3 Å². The zero-order chi connectivity index (χ0) is 19.9. The third kappa shape index (κ3) is 3.13. The number of nitrogens with one attached hydrogen (secondary N) is 1. The molecule has 2 aliphatic rings. The molecule has 0 unspecified atom stereocenters. The summed E-state index contributed by atoms with van der Waals surface area (Å²) in [6.45, 7) is 6.92. The molecule has 27 heavy (non-hydrogen) atoms. The summed E-state index contributed by atoms with van der Waals surface area (Å²) in [5.74, 6) is -0.309. The van der Waals surface area contributed by atoms with Crippen LogP contribution in [0.25, 0.3) is 0 Å². The zero-order valence-electron chi connectivity index (χ0n) is 16.2. The third-order valence-corrected chi connectivity index (χ3v) is 5.45. The maximum Gasteiger partial charge on any atom is 0.327 e. The van der Waals surface area contributed by atoms with Crippen molar-refractivity contribution < 1.29 is 14.4 Å². The molecule has 3 rings (SSSR count). The maximum atomic E-state index is 12.8. The van der Waals surface area contributed by atoms with Crippen LogP contribution in [0.15, 0.2) is 16.9 Å². The van der Waals surface area contributed by atoms with Crippen molar-refractivity contribution in [1.82, 2.24) is 19.7 Å². The van der Waals surface area contributed by atoms with Crippen LogP contribution in [0.2, 0.25) is 0 Å². The summed E-state index contributed by atoms with van der Waals surface area (Å²) in [4.78, 5) is 57.3. The van der Waals surface area contributed by atoms with E-state index in [4.69, 9.17) is 0 Å². The van der Waals surface area contributed by atoms with Gasteiger partial charge in [0.15, 0.2) is 0 Å². The van der Waals surface area contributed by atoms with E-state index in [1.54, 1.807) is 22.8 Å². The molecular weight excluding hydrogens is 348 g/mol. The molecule has 0 aromatic carbocycles. The van der Waals surface area contributed by atoms with Gasteiger partial charge in [-0.1, -0.05) is 13.8 Å². The van der Waals surface area contributed by atoms with Gasteiger partial charge in [0.2, 0.25) is 0 Å². The number of H-pyrrole nitrogens is 1. The lowest BCUT2D eigenvalue weighted by atomic mass is 9.85. The minimum Gasteiger partial charge on any atom is -0.338 e. The number of likely N-dealkylation sites (tertiary alicyclic amines) is 1. The average Bonchev–Trinajstić information content (AvgIpc) is 2.78. The molecule has 0 bridgehead atoms. The van der Waals surface area contributed by atoms with Crippen LogP contribution >= 0.6 is 0 Å². The normalized spacial score (nSPS) is 19.5. The molecule has 0 aliphatic carbocycles. The predicted molar refractivity (Wildman–Crippen MR) is 99.4 cm³/mol. The SMILES string of the molecule is Cc1ccc(C(=O)N2CCC3(CC2)C(=O)N(C)C(=O)N3CC(C)C)c(=O)[nH]1. The van der Waals surface area contributed by atoms with E-state index in [0.717, 1.165) is 0 Å². The summed E-state index contributed by atoms with van der Waals surface area (Å²) in [5, 5.41) is 0. The van der Waals surface area contributed by atoms with E-state index in [-0.39, 0.29) is 29.3 Å². The van der Waals surface area contributed by atoms with Gasteiger partial charge in [-0.25, -0.2) is 4.79 Å². The number of urea groups is 1. The Labute approximate surface area is 158 Å². The fraction of sp³-hybridized carbons (Fsp3) is 0.579. The molecule has 1 aromatic heterocycles. The van der Waals surface area contributed by atoms with E-state index in [9.17, 15) is 19.2 Å². The highest BCUT2D eigenvalue weighted by molar-refractivity contribution is 6.07. The van der Waals surface area contributed by atoms with E-state index in [1.807, 2.05) is 13.8 Å². The Balaban J connectivity index is 1.80. The molecule has 1 spiro atoms. The summed E-state index contributed by atoms with van der Waals surface area (Å²) in [6, 6.07) is 2.95. The maximum absolute atomic E-state index is 12.8. The van der Waals surface area contributed by atoms with Crippen molar-refractivity contribution in [2.24, 2.45) is 5.92 Å². The quantitative estimate of drug-likeness (QED) is 0.805. The van der Waals surface area contributed by atoms with Crippen LogP contribution < -0.4 is 5.56 Å². The molecule has 0 saturated carbocycles. The number of nitrogens with zero attached hydrogens (tertiary/aromatic N) is 3. The molecule has 8 nitrogen and oxygen atoms in total. The van der Waals surface area contributed by atoms with Crippen molar-refractivity contribution in [1.29, 1.82) is 0 Å². The van der Waals surface area contributed by atoms with Crippen LogP contribution in [-0.2, 0) is 4.79 Å². The number of carbonyl (C=O) groups excluding carboxylic acids is 3. The van der Waals surface area contributed by atoms with Gasteiger partial charge in [0.1, 0.15) is 11.1 Å². The highest BCUT2D eigenvalue weighted by Gasteiger charge is 2.57. The monoisotopic (exact) mass is 374 g/mol. The topological polar surface area (TPSA) is 93.8 Å². The Morgan fingerprint density at radius 1 is 1.19 bits per heavy atom. The van der Waals surface area contributed by atoms with Gasteiger partial charge in [0.25, 0.3) is 17.4 Å². The molecule has 2 saturated heterocycles. The van der Waals surface area contributed by atoms with Gasteiger partial charge < -0.3 is 14.8 Å². The summed E-state index contributed by atoms with van der Waals surface area (Å²) in [6.07, 6.45) is 0.758. The first kappa shape index (κ1) is 19.1. The molecule has 0 radical (unpaired) electrons. The number of rotatable bonds is 3. The Hall–Kier alpha value is -2.64. The van der Waals surface area contributed by atoms with Crippen LogP contribution in [0.4, 0.5) is 4.79 Å². The second-order valence-corrected chi connectivity index (χ2v) is 7.86. The van der Waals surface area contributed by atoms with Crippen molar-refractivity contribution in [3.8, 4) is 0 Å². The van der Waals surface area contributed by atoms with Crippen LogP contribution in [0.5, 0.6) is 0 Å². The molecule has 146 valence electrons. The first-order valence-electron chi connectivity index (χ1n) is 9.26. The smallest absolute Gasteiger partial charge is 0.327 e. The second-order valence-electron chi connectivity index (χ2n) is 7.86. The molecule has 0 atom stereocenters. The number of aromatic amines is 1. The van der Waals surface area contributed by atoms with Gasteiger partial charge >= 0.3 is 6.03 Å². The minimum absolute atomic E-state index is 0.0986. The molecule has 4 amide bonds. The molecule has 1 N–H and O–H groups in total. The summed E-state index contributed by atoms with van der Waals surface area (Å²) in [5.41, 5.74) is -0.501. The van der Waals surface area contributed by atoms with E-state index in [0.29, 0.717) is 38.2 Å². The third-order valence-electron chi connectivity index (χ3n) is 5.45. The van der Waals surface area contributed by atoms with Gasteiger partial charge in [0.05, 0.1) is 0 Å². The van der Waals surface area contributed by atoms with Crippen molar-refractivity contribution >= 4 is 17.8 Å². The van der Waals surface area contributed by atoms with Crippen LogP contribution in [0.1, 0.15) is 42.7 Å². The van der Waals surface area contributed by atoms with E-state index < -0.39 is 11.1 Å². The largest absolute Gasteiger partial charge is 0.338 e. The number of piperidine rings is 1. The van der Waals surface area contributed by atoms with E-state index >= 15 is 0 Å². The lowest BCUT2D eigenvalue weighted by molar-refractivity contribution is -0.134. The van der Waals surface area contributed by atoms with Gasteiger partial charge in [-0.15, -0.1) is 0 Å². The molecule has 2 fully saturated rings. The second kappa shape index (κ2) is 6.83.